The maximum Gasteiger partial charge on any atom is 0.313 e. The van der Waals surface area contributed by atoms with Gasteiger partial charge in [0.2, 0.25) is 0 Å². The Hall–Kier alpha value is -1.98. The van der Waals surface area contributed by atoms with E-state index >= 15 is 0 Å². The lowest BCUT2D eigenvalue weighted by Gasteiger charge is -2.05. The highest BCUT2D eigenvalue weighted by molar-refractivity contribution is 5.71. The second kappa shape index (κ2) is 4.48. The van der Waals surface area contributed by atoms with Crippen LogP contribution in [-0.4, -0.2) is 32.7 Å². The van der Waals surface area contributed by atoms with E-state index < -0.39 is 0 Å². The SMILES string of the molecule is COC(=O)Cc1nc2nccc(C(C)C)n2n1. The molecule has 0 atom stereocenters. The smallest absolute Gasteiger partial charge is 0.313 e. The molecule has 6 nitrogen and oxygen atoms in total. The summed E-state index contributed by atoms with van der Waals surface area (Å²) < 4.78 is 6.25. The van der Waals surface area contributed by atoms with Gasteiger partial charge in [-0.25, -0.2) is 9.50 Å². The van der Waals surface area contributed by atoms with Crippen molar-refractivity contribution in [2.24, 2.45) is 0 Å². The first-order valence-electron chi connectivity index (χ1n) is 5.39. The molecule has 0 bridgehead atoms. The van der Waals surface area contributed by atoms with E-state index in [9.17, 15) is 4.79 Å². The molecule has 0 amide bonds. The van der Waals surface area contributed by atoms with Gasteiger partial charge in [-0.3, -0.25) is 4.79 Å². The molecule has 0 saturated carbocycles. The van der Waals surface area contributed by atoms with Gasteiger partial charge in [0.15, 0.2) is 5.82 Å². The Morgan fingerprint density at radius 1 is 1.53 bits per heavy atom. The zero-order valence-corrected chi connectivity index (χ0v) is 10.0. The van der Waals surface area contributed by atoms with E-state index in [1.165, 1.54) is 7.11 Å². The van der Waals surface area contributed by atoms with E-state index in [0.29, 0.717) is 17.5 Å². The summed E-state index contributed by atoms with van der Waals surface area (Å²) in [6.45, 7) is 4.13. The Kier molecular flexibility index (Phi) is 3.03. The zero-order chi connectivity index (χ0) is 12.4. The Morgan fingerprint density at radius 2 is 2.29 bits per heavy atom. The zero-order valence-electron chi connectivity index (χ0n) is 10.0. The van der Waals surface area contributed by atoms with E-state index in [0.717, 1.165) is 5.69 Å². The first-order chi connectivity index (χ1) is 8.11. The van der Waals surface area contributed by atoms with Crippen LogP contribution in [0.15, 0.2) is 12.3 Å². The quantitative estimate of drug-likeness (QED) is 0.740. The Labute approximate surface area is 98.6 Å². The molecule has 90 valence electrons. The maximum atomic E-state index is 11.1. The third-order valence-electron chi connectivity index (χ3n) is 2.44. The largest absolute Gasteiger partial charge is 0.469 e. The van der Waals surface area contributed by atoms with Gasteiger partial charge in [0.25, 0.3) is 5.78 Å². The van der Waals surface area contributed by atoms with Gasteiger partial charge in [-0.15, -0.1) is 5.10 Å². The number of methoxy groups -OCH3 is 1. The number of hydrogen-bond acceptors (Lipinski definition) is 5. The molecule has 0 N–H and O–H groups in total. The van der Waals surface area contributed by atoms with E-state index in [2.05, 4.69) is 33.7 Å². The maximum absolute atomic E-state index is 11.1. The molecule has 2 rings (SSSR count). The number of carbonyl (C=O) groups excluding carboxylic acids is 1. The van der Waals surface area contributed by atoms with Crippen molar-refractivity contribution in [1.29, 1.82) is 0 Å². The summed E-state index contributed by atoms with van der Waals surface area (Å²) >= 11 is 0. The van der Waals surface area contributed by atoms with Crippen LogP contribution >= 0.6 is 0 Å². The summed E-state index contributed by atoms with van der Waals surface area (Å²) in [7, 11) is 1.34. The molecule has 0 unspecified atom stereocenters. The molecule has 0 aliphatic carbocycles. The normalized spacial score (nSPS) is 11.1. The second-order valence-electron chi connectivity index (χ2n) is 4.02. The van der Waals surface area contributed by atoms with Gasteiger partial charge in [0, 0.05) is 6.20 Å². The Bertz CT molecular complexity index is 547. The molecule has 0 aliphatic rings. The van der Waals surface area contributed by atoms with E-state index in [1.54, 1.807) is 10.7 Å². The van der Waals surface area contributed by atoms with Gasteiger partial charge in [0.1, 0.15) is 6.42 Å². The van der Waals surface area contributed by atoms with Gasteiger partial charge in [-0.2, -0.15) is 4.98 Å². The van der Waals surface area contributed by atoms with Crippen molar-refractivity contribution in [2.45, 2.75) is 26.2 Å². The molecule has 6 heteroatoms. The molecule has 0 aromatic carbocycles. The van der Waals surface area contributed by atoms with Crippen LogP contribution < -0.4 is 0 Å². The summed E-state index contributed by atoms with van der Waals surface area (Å²) in [5, 5.41) is 4.26. The fraction of sp³-hybridized carbons (Fsp3) is 0.455. The highest BCUT2D eigenvalue weighted by Gasteiger charge is 2.13. The first kappa shape index (κ1) is 11.5. The molecule has 0 saturated heterocycles. The third kappa shape index (κ3) is 2.25. The molecule has 17 heavy (non-hydrogen) atoms. The van der Waals surface area contributed by atoms with Crippen molar-refractivity contribution in [3.05, 3.63) is 23.8 Å². The summed E-state index contributed by atoms with van der Waals surface area (Å²) in [4.78, 5) is 19.4. The van der Waals surface area contributed by atoms with Gasteiger partial charge in [-0.05, 0) is 12.0 Å². The van der Waals surface area contributed by atoms with Crippen LogP contribution in [0.4, 0.5) is 0 Å². The molecule has 0 spiro atoms. The van der Waals surface area contributed by atoms with E-state index in [-0.39, 0.29) is 12.4 Å². The minimum Gasteiger partial charge on any atom is -0.469 e. The number of carbonyl (C=O) groups is 1. The van der Waals surface area contributed by atoms with Crippen LogP contribution in [-0.2, 0) is 16.0 Å². The van der Waals surface area contributed by atoms with Crippen molar-refractivity contribution < 1.29 is 9.53 Å². The first-order valence-corrected chi connectivity index (χ1v) is 5.39. The minimum atomic E-state index is -0.355. The van der Waals surface area contributed by atoms with E-state index in [1.807, 2.05) is 6.07 Å². The fourth-order valence-corrected chi connectivity index (χ4v) is 1.57. The fourth-order valence-electron chi connectivity index (χ4n) is 1.57. The molecule has 2 aromatic rings. The molecule has 2 heterocycles. The predicted octanol–water partition coefficient (Wildman–Crippen LogP) is 0.963. The van der Waals surface area contributed by atoms with Gasteiger partial charge in [-0.1, -0.05) is 13.8 Å². The molecule has 0 aliphatic heterocycles. The number of fused-ring (bicyclic) bond motifs is 1. The number of hydrogen-bond donors (Lipinski definition) is 0. The van der Waals surface area contributed by atoms with Crippen molar-refractivity contribution in [3.63, 3.8) is 0 Å². The number of rotatable bonds is 3. The highest BCUT2D eigenvalue weighted by atomic mass is 16.5. The minimum absolute atomic E-state index is 0.0669. The average Bonchev–Trinajstić information content (AvgIpc) is 2.70. The van der Waals surface area contributed by atoms with Crippen LogP contribution in [0.2, 0.25) is 0 Å². The van der Waals surface area contributed by atoms with Crippen LogP contribution in [0.3, 0.4) is 0 Å². The molecule has 2 aromatic heterocycles. The van der Waals surface area contributed by atoms with Crippen LogP contribution in [0.1, 0.15) is 31.3 Å². The van der Waals surface area contributed by atoms with Crippen molar-refractivity contribution in [2.75, 3.05) is 7.11 Å². The molecular weight excluding hydrogens is 220 g/mol. The average molecular weight is 234 g/mol. The van der Waals surface area contributed by atoms with Crippen LogP contribution in [0.25, 0.3) is 5.78 Å². The second-order valence-corrected chi connectivity index (χ2v) is 4.02. The lowest BCUT2D eigenvalue weighted by Crippen LogP contribution is -2.06. The van der Waals surface area contributed by atoms with Crippen LogP contribution in [0, 0.1) is 0 Å². The summed E-state index contributed by atoms with van der Waals surface area (Å²) in [5.41, 5.74) is 1.01. The Balaban J connectivity index is 2.43. The van der Waals surface area contributed by atoms with Crippen molar-refractivity contribution in [3.8, 4) is 0 Å². The molecular formula is C11H14N4O2. The van der Waals surface area contributed by atoms with Crippen LogP contribution in [0.5, 0.6) is 0 Å². The standard InChI is InChI=1S/C11H14N4O2/c1-7(2)8-4-5-12-11-13-9(14-15(8)11)6-10(16)17-3/h4-5,7H,6H2,1-3H3. The predicted molar refractivity (Wildman–Crippen MR) is 60.6 cm³/mol. The Morgan fingerprint density at radius 3 is 2.94 bits per heavy atom. The monoisotopic (exact) mass is 234 g/mol. The summed E-state index contributed by atoms with van der Waals surface area (Å²) in [6, 6.07) is 1.90. The van der Waals surface area contributed by atoms with Gasteiger partial charge in [0.05, 0.1) is 12.8 Å². The lowest BCUT2D eigenvalue weighted by molar-refractivity contribution is -0.139. The lowest BCUT2D eigenvalue weighted by atomic mass is 10.1. The van der Waals surface area contributed by atoms with Crippen molar-refractivity contribution >= 4 is 11.7 Å². The number of ether oxygens (including phenoxy) is 1. The van der Waals surface area contributed by atoms with E-state index in [4.69, 9.17) is 0 Å². The highest BCUT2D eigenvalue weighted by Crippen LogP contribution is 2.13. The third-order valence-corrected chi connectivity index (χ3v) is 2.44. The summed E-state index contributed by atoms with van der Waals surface area (Å²) in [6.07, 6.45) is 1.76. The van der Waals surface area contributed by atoms with Gasteiger partial charge >= 0.3 is 5.97 Å². The topological polar surface area (TPSA) is 69.4 Å². The number of aromatic nitrogens is 4. The summed E-state index contributed by atoms with van der Waals surface area (Å²) in [5.74, 6) is 0.896. The number of esters is 1. The number of nitrogens with zero attached hydrogens (tertiary/aromatic N) is 4. The molecule has 0 radical (unpaired) electrons. The van der Waals surface area contributed by atoms with Gasteiger partial charge < -0.3 is 4.74 Å². The van der Waals surface area contributed by atoms with Crippen molar-refractivity contribution in [1.82, 2.24) is 19.6 Å². The molecule has 0 fully saturated rings.